The quantitative estimate of drug-likeness (QED) is 0.833. The molecule has 0 radical (unpaired) electrons. The standard InChI is InChI=1S/C16H23N3O3/c1-21-15-16(18-8-7-17-15)22-13-6-9-19(11-13)14(20)10-12-4-2-3-5-12/h7-8,12-13H,2-6,9-11H2,1H3. The van der Waals surface area contributed by atoms with E-state index >= 15 is 0 Å². The van der Waals surface area contributed by atoms with E-state index in [9.17, 15) is 4.79 Å². The number of hydrogen-bond donors (Lipinski definition) is 0. The number of hydrogen-bond acceptors (Lipinski definition) is 5. The maximum atomic E-state index is 12.3. The second-order valence-electron chi connectivity index (χ2n) is 6.09. The highest BCUT2D eigenvalue weighted by Gasteiger charge is 2.30. The Morgan fingerprint density at radius 1 is 1.23 bits per heavy atom. The van der Waals surface area contributed by atoms with E-state index in [1.54, 1.807) is 19.5 Å². The van der Waals surface area contributed by atoms with Gasteiger partial charge in [-0.25, -0.2) is 9.97 Å². The van der Waals surface area contributed by atoms with Crippen molar-refractivity contribution in [1.82, 2.24) is 14.9 Å². The van der Waals surface area contributed by atoms with E-state index in [0.29, 0.717) is 30.6 Å². The molecule has 1 aromatic rings. The van der Waals surface area contributed by atoms with Gasteiger partial charge in [-0.3, -0.25) is 4.79 Å². The molecule has 1 aliphatic heterocycles. The van der Waals surface area contributed by atoms with Gasteiger partial charge in [0.25, 0.3) is 11.8 Å². The summed E-state index contributed by atoms with van der Waals surface area (Å²) in [7, 11) is 1.54. The number of aromatic nitrogens is 2. The van der Waals surface area contributed by atoms with Gasteiger partial charge >= 0.3 is 0 Å². The third-order valence-electron chi connectivity index (χ3n) is 4.54. The van der Waals surface area contributed by atoms with E-state index in [-0.39, 0.29) is 12.0 Å². The largest absolute Gasteiger partial charge is 0.477 e. The average Bonchev–Trinajstić information content (AvgIpc) is 3.19. The first-order valence-corrected chi connectivity index (χ1v) is 8.05. The highest BCUT2D eigenvalue weighted by atomic mass is 16.5. The Kier molecular flexibility index (Phi) is 4.75. The summed E-state index contributed by atoms with van der Waals surface area (Å²) in [5, 5.41) is 0. The normalized spacial score (nSPS) is 22.0. The van der Waals surface area contributed by atoms with Crippen LogP contribution in [0.2, 0.25) is 0 Å². The van der Waals surface area contributed by atoms with Crippen molar-refractivity contribution in [2.75, 3.05) is 20.2 Å². The lowest BCUT2D eigenvalue weighted by molar-refractivity contribution is -0.131. The van der Waals surface area contributed by atoms with E-state index in [0.717, 1.165) is 13.0 Å². The second kappa shape index (κ2) is 6.94. The van der Waals surface area contributed by atoms with Crippen molar-refractivity contribution in [3.63, 3.8) is 0 Å². The van der Waals surface area contributed by atoms with Crippen LogP contribution < -0.4 is 9.47 Å². The lowest BCUT2D eigenvalue weighted by atomic mass is 10.0. The van der Waals surface area contributed by atoms with E-state index in [1.165, 1.54) is 25.7 Å². The molecule has 22 heavy (non-hydrogen) atoms. The zero-order valence-corrected chi connectivity index (χ0v) is 13.0. The Morgan fingerprint density at radius 3 is 2.68 bits per heavy atom. The molecule has 6 heteroatoms. The lowest BCUT2D eigenvalue weighted by Crippen LogP contribution is -2.32. The minimum absolute atomic E-state index is 0.0295. The van der Waals surface area contributed by atoms with Crippen LogP contribution in [0, 0.1) is 5.92 Å². The summed E-state index contributed by atoms with van der Waals surface area (Å²) in [4.78, 5) is 22.5. The molecule has 1 atom stereocenters. The third-order valence-corrected chi connectivity index (χ3v) is 4.54. The lowest BCUT2D eigenvalue weighted by Gasteiger charge is -2.19. The van der Waals surface area contributed by atoms with Gasteiger partial charge in [0.1, 0.15) is 6.10 Å². The van der Waals surface area contributed by atoms with Gasteiger partial charge in [0.05, 0.1) is 13.7 Å². The zero-order valence-electron chi connectivity index (χ0n) is 13.0. The molecule has 2 fully saturated rings. The molecule has 1 unspecified atom stereocenters. The Hall–Kier alpha value is -1.85. The minimum Gasteiger partial charge on any atom is -0.477 e. The smallest absolute Gasteiger partial charge is 0.278 e. The number of carbonyl (C=O) groups excluding carboxylic acids is 1. The van der Waals surface area contributed by atoms with Gasteiger partial charge in [-0.05, 0) is 18.8 Å². The van der Waals surface area contributed by atoms with Crippen molar-refractivity contribution in [2.24, 2.45) is 5.92 Å². The monoisotopic (exact) mass is 305 g/mol. The molecule has 0 bridgehead atoms. The molecule has 1 aromatic heterocycles. The van der Waals surface area contributed by atoms with Crippen LogP contribution in [-0.2, 0) is 4.79 Å². The van der Waals surface area contributed by atoms with Gasteiger partial charge in [-0.2, -0.15) is 0 Å². The van der Waals surface area contributed by atoms with Gasteiger partial charge in [-0.1, -0.05) is 12.8 Å². The van der Waals surface area contributed by atoms with Crippen molar-refractivity contribution in [3.05, 3.63) is 12.4 Å². The molecule has 120 valence electrons. The van der Waals surface area contributed by atoms with Crippen LogP contribution in [0.5, 0.6) is 11.8 Å². The van der Waals surface area contributed by atoms with Crippen molar-refractivity contribution < 1.29 is 14.3 Å². The summed E-state index contributed by atoms with van der Waals surface area (Å²) in [6, 6.07) is 0. The van der Waals surface area contributed by atoms with Gasteiger partial charge < -0.3 is 14.4 Å². The molecule has 1 amide bonds. The molecular weight excluding hydrogens is 282 g/mol. The minimum atomic E-state index is -0.0295. The highest BCUT2D eigenvalue weighted by Crippen LogP contribution is 2.29. The van der Waals surface area contributed by atoms with E-state index < -0.39 is 0 Å². The number of ether oxygens (including phenoxy) is 2. The summed E-state index contributed by atoms with van der Waals surface area (Å²) < 4.78 is 11.0. The molecule has 1 saturated heterocycles. The summed E-state index contributed by atoms with van der Waals surface area (Å²) >= 11 is 0. The maximum absolute atomic E-state index is 12.3. The van der Waals surface area contributed by atoms with Gasteiger partial charge in [0, 0.05) is 31.8 Å². The predicted octanol–water partition coefficient (Wildman–Crippen LogP) is 2.05. The van der Waals surface area contributed by atoms with Crippen molar-refractivity contribution >= 4 is 5.91 Å². The summed E-state index contributed by atoms with van der Waals surface area (Å²) in [5.74, 6) is 1.65. The Balaban J connectivity index is 1.52. The Morgan fingerprint density at radius 2 is 1.95 bits per heavy atom. The molecule has 1 aliphatic carbocycles. The maximum Gasteiger partial charge on any atom is 0.278 e. The molecule has 0 spiro atoms. The molecule has 6 nitrogen and oxygen atoms in total. The van der Waals surface area contributed by atoms with Gasteiger partial charge in [0.15, 0.2) is 0 Å². The van der Waals surface area contributed by atoms with Crippen molar-refractivity contribution in [3.8, 4) is 11.8 Å². The van der Waals surface area contributed by atoms with Crippen LogP contribution in [0.3, 0.4) is 0 Å². The van der Waals surface area contributed by atoms with Gasteiger partial charge in [0.2, 0.25) is 5.91 Å². The fourth-order valence-electron chi connectivity index (χ4n) is 3.33. The van der Waals surface area contributed by atoms with Crippen LogP contribution in [0.15, 0.2) is 12.4 Å². The van der Waals surface area contributed by atoms with Crippen LogP contribution in [0.4, 0.5) is 0 Å². The first-order valence-electron chi connectivity index (χ1n) is 8.05. The summed E-state index contributed by atoms with van der Waals surface area (Å²) in [6.07, 6.45) is 9.60. The van der Waals surface area contributed by atoms with Crippen LogP contribution in [0.1, 0.15) is 38.5 Å². The molecule has 2 heterocycles. The number of carbonyl (C=O) groups is 1. The molecule has 1 saturated carbocycles. The predicted molar refractivity (Wildman–Crippen MR) is 80.8 cm³/mol. The summed E-state index contributed by atoms with van der Waals surface area (Å²) in [6.45, 7) is 1.39. The number of rotatable bonds is 5. The fraction of sp³-hybridized carbons (Fsp3) is 0.688. The topological polar surface area (TPSA) is 64.6 Å². The van der Waals surface area contributed by atoms with Crippen LogP contribution in [0.25, 0.3) is 0 Å². The molecule has 3 rings (SSSR count). The Labute approximate surface area is 130 Å². The first-order chi connectivity index (χ1) is 10.8. The van der Waals surface area contributed by atoms with E-state index in [1.807, 2.05) is 4.90 Å². The Bertz CT molecular complexity index is 517. The molecule has 2 aliphatic rings. The number of methoxy groups -OCH3 is 1. The van der Waals surface area contributed by atoms with Crippen molar-refractivity contribution in [2.45, 2.75) is 44.6 Å². The van der Waals surface area contributed by atoms with E-state index in [2.05, 4.69) is 9.97 Å². The number of likely N-dealkylation sites (tertiary alicyclic amines) is 1. The van der Waals surface area contributed by atoms with E-state index in [4.69, 9.17) is 9.47 Å². The molecular formula is C16H23N3O3. The van der Waals surface area contributed by atoms with Crippen molar-refractivity contribution in [1.29, 1.82) is 0 Å². The SMILES string of the molecule is COc1nccnc1OC1CCN(C(=O)CC2CCCC2)C1. The highest BCUT2D eigenvalue weighted by molar-refractivity contribution is 5.76. The van der Waals surface area contributed by atoms with Crippen LogP contribution in [-0.4, -0.2) is 47.1 Å². The zero-order chi connectivity index (χ0) is 15.4. The van der Waals surface area contributed by atoms with Gasteiger partial charge in [-0.15, -0.1) is 0 Å². The first kappa shape index (κ1) is 15.1. The second-order valence-corrected chi connectivity index (χ2v) is 6.09. The third kappa shape index (κ3) is 3.48. The number of nitrogens with zero attached hydrogens (tertiary/aromatic N) is 3. The number of amides is 1. The van der Waals surface area contributed by atoms with Crippen LogP contribution >= 0.6 is 0 Å². The fourth-order valence-corrected chi connectivity index (χ4v) is 3.33. The molecule has 0 aromatic carbocycles. The summed E-state index contributed by atoms with van der Waals surface area (Å²) in [5.41, 5.74) is 0. The average molecular weight is 305 g/mol. The molecule has 0 N–H and O–H groups in total.